The van der Waals surface area contributed by atoms with Crippen molar-refractivity contribution in [1.29, 1.82) is 0 Å². The maximum Gasteiger partial charge on any atom is 0.0635 e. The minimum absolute atomic E-state index is 0.591. The number of nitrogens with one attached hydrogen (secondary N) is 1. The van der Waals surface area contributed by atoms with Crippen molar-refractivity contribution in [3.63, 3.8) is 0 Å². The van der Waals surface area contributed by atoms with Gasteiger partial charge in [0.15, 0.2) is 0 Å². The van der Waals surface area contributed by atoms with Crippen molar-refractivity contribution in [3.05, 3.63) is 23.3 Å². The molecule has 16 heavy (non-hydrogen) atoms. The summed E-state index contributed by atoms with van der Waals surface area (Å²) < 4.78 is 0. The van der Waals surface area contributed by atoms with Gasteiger partial charge in [-0.25, -0.2) is 0 Å². The largest absolute Gasteiger partial charge is 0.381 e. The van der Waals surface area contributed by atoms with Crippen LogP contribution in [0.2, 0.25) is 0 Å². The fourth-order valence-corrected chi connectivity index (χ4v) is 2.60. The zero-order valence-corrected chi connectivity index (χ0v) is 11.0. The van der Waals surface area contributed by atoms with Crippen LogP contribution in [0.15, 0.2) is 12.1 Å². The number of rotatable bonds is 1. The topological polar surface area (TPSA) is 15.3 Å². The molecule has 0 spiro atoms. The number of fused-ring (bicyclic) bond motifs is 1. The SMILES string of the molecule is Cc1ccc2c(c1C)N(C)C(C(C)C)CN2. The maximum atomic E-state index is 3.55. The summed E-state index contributed by atoms with van der Waals surface area (Å²) >= 11 is 0. The summed E-state index contributed by atoms with van der Waals surface area (Å²) in [7, 11) is 2.22. The molecule has 0 saturated carbocycles. The molecule has 0 bridgehead atoms. The number of benzene rings is 1. The molecule has 1 aromatic rings. The molecule has 2 heteroatoms. The Balaban J connectivity index is 2.46. The molecule has 0 saturated heterocycles. The fourth-order valence-electron chi connectivity index (χ4n) is 2.60. The average Bonchev–Trinajstić information content (AvgIpc) is 2.23. The van der Waals surface area contributed by atoms with Crippen molar-refractivity contribution in [2.24, 2.45) is 5.92 Å². The Bertz CT molecular complexity index is 396. The van der Waals surface area contributed by atoms with Gasteiger partial charge in [0.2, 0.25) is 0 Å². The first-order valence-corrected chi connectivity index (χ1v) is 6.09. The first-order chi connectivity index (χ1) is 7.52. The molecule has 0 amide bonds. The van der Waals surface area contributed by atoms with E-state index in [1.54, 1.807) is 0 Å². The Labute approximate surface area is 98.7 Å². The van der Waals surface area contributed by atoms with E-state index in [0.29, 0.717) is 12.0 Å². The van der Waals surface area contributed by atoms with E-state index in [9.17, 15) is 0 Å². The Morgan fingerprint density at radius 3 is 2.62 bits per heavy atom. The second-order valence-electron chi connectivity index (χ2n) is 5.21. The lowest BCUT2D eigenvalue weighted by Crippen LogP contribution is -2.45. The predicted octanol–water partition coefficient (Wildman–Crippen LogP) is 3.19. The van der Waals surface area contributed by atoms with Gasteiger partial charge in [-0.2, -0.15) is 0 Å². The van der Waals surface area contributed by atoms with E-state index >= 15 is 0 Å². The molecule has 2 rings (SSSR count). The van der Waals surface area contributed by atoms with E-state index in [2.05, 4.69) is 57.1 Å². The molecule has 1 heterocycles. The average molecular weight is 218 g/mol. The van der Waals surface area contributed by atoms with Gasteiger partial charge in [0.1, 0.15) is 0 Å². The van der Waals surface area contributed by atoms with E-state index in [4.69, 9.17) is 0 Å². The van der Waals surface area contributed by atoms with Crippen LogP contribution >= 0.6 is 0 Å². The second kappa shape index (κ2) is 4.00. The molecule has 0 fully saturated rings. The van der Waals surface area contributed by atoms with Gasteiger partial charge in [-0.05, 0) is 37.0 Å². The van der Waals surface area contributed by atoms with Crippen LogP contribution in [0.1, 0.15) is 25.0 Å². The second-order valence-corrected chi connectivity index (χ2v) is 5.21. The summed E-state index contributed by atoms with van der Waals surface area (Å²) in [6, 6.07) is 4.99. The highest BCUT2D eigenvalue weighted by Crippen LogP contribution is 2.36. The highest BCUT2D eigenvalue weighted by atomic mass is 15.2. The van der Waals surface area contributed by atoms with E-state index in [1.165, 1.54) is 22.5 Å². The van der Waals surface area contributed by atoms with Crippen molar-refractivity contribution in [2.45, 2.75) is 33.7 Å². The van der Waals surface area contributed by atoms with E-state index in [-0.39, 0.29) is 0 Å². The number of aryl methyl sites for hydroxylation is 1. The zero-order valence-electron chi connectivity index (χ0n) is 11.0. The molecule has 1 unspecified atom stereocenters. The van der Waals surface area contributed by atoms with Crippen LogP contribution in [-0.2, 0) is 0 Å². The third-order valence-electron chi connectivity index (χ3n) is 3.82. The predicted molar refractivity (Wildman–Crippen MR) is 71.4 cm³/mol. The molecule has 0 aromatic heterocycles. The summed E-state index contributed by atoms with van der Waals surface area (Å²) in [6.07, 6.45) is 0. The van der Waals surface area contributed by atoms with Gasteiger partial charge < -0.3 is 10.2 Å². The van der Waals surface area contributed by atoms with Crippen molar-refractivity contribution in [3.8, 4) is 0 Å². The smallest absolute Gasteiger partial charge is 0.0635 e. The Hall–Kier alpha value is -1.18. The lowest BCUT2D eigenvalue weighted by atomic mass is 9.96. The molecule has 1 atom stereocenters. The Morgan fingerprint density at radius 1 is 1.31 bits per heavy atom. The first kappa shape index (κ1) is 11.3. The minimum atomic E-state index is 0.591. The number of hydrogen-bond acceptors (Lipinski definition) is 2. The maximum absolute atomic E-state index is 3.55. The summed E-state index contributed by atoms with van der Waals surface area (Å²) in [5.74, 6) is 0.672. The van der Waals surface area contributed by atoms with Crippen molar-refractivity contribution in [1.82, 2.24) is 0 Å². The van der Waals surface area contributed by atoms with Gasteiger partial charge in [-0.1, -0.05) is 19.9 Å². The fraction of sp³-hybridized carbons (Fsp3) is 0.571. The van der Waals surface area contributed by atoms with Crippen molar-refractivity contribution >= 4 is 11.4 Å². The Kier molecular flexibility index (Phi) is 2.83. The van der Waals surface area contributed by atoms with Crippen LogP contribution in [0, 0.1) is 19.8 Å². The Morgan fingerprint density at radius 2 is 2.00 bits per heavy atom. The molecule has 0 radical (unpaired) electrons. The van der Waals surface area contributed by atoms with Crippen molar-refractivity contribution in [2.75, 3.05) is 23.8 Å². The highest BCUT2D eigenvalue weighted by molar-refractivity contribution is 5.77. The lowest BCUT2D eigenvalue weighted by Gasteiger charge is -2.40. The van der Waals surface area contributed by atoms with Crippen LogP contribution in [0.3, 0.4) is 0 Å². The molecule has 0 aliphatic carbocycles. The number of nitrogens with zero attached hydrogens (tertiary/aromatic N) is 1. The summed E-state index contributed by atoms with van der Waals surface area (Å²) in [5, 5.41) is 3.55. The van der Waals surface area contributed by atoms with Gasteiger partial charge in [0.25, 0.3) is 0 Å². The quantitative estimate of drug-likeness (QED) is 0.778. The van der Waals surface area contributed by atoms with Gasteiger partial charge in [-0.15, -0.1) is 0 Å². The zero-order chi connectivity index (χ0) is 11.9. The monoisotopic (exact) mass is 218 g/mol. The molecular formula is C14H22N2. The summed E-state index contributed by atoms with van der Waals surface area (Å²) in [4.78, 5) is 2.44. The van der Waals surface area contributed by atoms with E-state index in [1.807, 2.05) is 0 Å². The van der Waals surface area contributed by atoms with Crippen LogP contribution in [0.25, 0.3) is 0 Å². The summed E-state index contributed by atoms with van der Waals surface area (Å²) in [5.41, 5.74) is 5.43. The normalized spacial score (nSPS) is 19.6. The molecule has 88 valence electrons. The van der Waals surface area contributed by atoms with Crippen LogP contribution in [-0.4, -0.2) is 19.6 Å². The standard InChI is InChI=1S/C14H22N2/c1-9(2)13-8-15-12-7-6-10(3)11(4)14(12)16(13)5/h6-7,9,13,15H,8H2,1-5H3. The van der Waals surface area contributed by atoms with E-state index in [0.717, 1.165) is 6.54 Å². The lowest BCUT2D eigenvalue weighted by molar-refractivity contribution is 0.482. The van der Waals surface area contributed by atoms with E-state index < -0.39 is 0 Å². The third kappa shape index (κ3) is 1.66. The molecular weight excluding hydrogens is 196 g/mol. The number of hydrogen-bond donors (Lipinski definition) is 1. The molecule has 1 aliphatic rings. The van der Waals surface area contributed by atoms with Gasteiger partial charge in [0.05, 0.1) is 11.4 Å². The van der Waals surface area contributed by atoms with Gasteiger partial charge >= 0.3 is 0 Å². The summed E-state index contributed by atoms with van der Waals surface area (Å²) in [6.45, 7) is 10.0. The van der Waals surface area contributed by atoms with Gasteiger partial charge in [-0.3, -0.25) is 0 Å². The third-order valence-corrected chi connectivity index (χ3v) is 3.82. The highest BCUT2D eigenvalue weighted by Gasteiger charge is 2.26. The number of likely N-dealkylation sites (N-methyl/N-ethyl adjacent to an activating group) is 1. The molecule has 2 nitrogen and oxygen atoms in total. The molecule has 1 aromatic carbocycles. The van der Waals surface area contributed by atoms with Crippen molar-refractivity contribution < 1.29 is 0 Å². The number of anilines is 2. The first-order valence-electron chi connectivity index (χ1n) is 6.09. The van der Waals surface area contributed by atoms with Crippen LogP contribution < -0.4 is 10.2 Å². The molecule has 1 aliphatic heterocycles. The van der Waals surface area contributed by atoms with Crippen LogP contribution in [0.4, 0.5) is 11.4 Å². The molecule has 1 N–H and O–H groups in total. The van der Waals surface area contributed by atoms with Gasteiger partial charge in [0, 0.05) is 19.6 Å². The minimum Gasteiger partial charge on any atom is -0.381 e. The van der Waals surface area contributed by atoms with Crippen LogP contribution in [0.5, 0.6) is 0 Å².